The van der Waals surface area contributed by atoms with Crippen LogP contribution < -0.4 is 5.32 Å². The van der Waals surface area contributed by atoms with E-state index >= 15 is 0 Å². The normalized spacial score (nSPS) is 17.3. The van der Waals surface area contributed by atoms with Gasteiger partial charge in [0.05, 0.1) is 5.69 Å². The molecule has 1 atom stereocenters. The molecule has 0 spiro atoms. The number of carbonyl (C=O) groups is 1. The van der Waals surface area contributed by atoms with Gasteiger partial charge in [0, 0.05) is 23.7 Å². The summed E-state index contributed by atoms with van der Waals surface area (Å²) in [4.78, 5) is 24.1. The zero-order chi connectivity index (χ0) is 15.0. The van der Waals surface area contributed by atoms with Gasteiger partial charge in [-0.1, -0.05) is 0 Å². The van der Waals surface area contributed by atoms with Crippen LogP contribution in [0, 0.1) is 19.8 Å². The molecule has 6 heteroatoms. The standard InChI is InChI=1S/C15H18N4O2/c1-8-3-6-13(20)14(16-8)19-15(21)10-4-5-11-12(7-10)18-9(2)17-11/h3,6,10,20H,4-5,7H2,1-2H3,(H,17,18)(H,16,19,21). The number of rotatable bonds is 2. The fraction of sp³-hybridized carbons (Fsp3) is 0.400. The van der Waals surface area contributed by atoms with Gasteiger partial charge >= 0.3 is 0 Å². The third kappa shape index (κ3) is 2.74. The van der Waals surface area contributed by atoms with E-state index in [9.17, 15) is 9.90 Å². The zero-order valence-electron chi connectivity index (χ0n) is 12.1. The van der Waals surface area contributed by atoms with Crippen LogP contribution in [-0.4, -0.2) is 26.0 Å². The maximum Gasteiger partial charge on any atom is 0.229 e. The van der Waals surface area contributed by atoms with Crippen molar-refractivity contribution in [3.05, 3.63) is 35.0 Å². The Hall–Kier alpha value is -2.37. The van der Waals surface area contributed by atoms with Gasteiger partial charge < -0.3 is 15.4 Å². The van der Waals surface area contributed by atoms with E-state index in [0.717, 1.165) is 35.7 Å². The number of fused-ring (bicyclic) bond motifs is 1. The van der Waals surface area contributed by atoms with Crippen LogP contribution >= 0.6 is 0 Å². The van der Waals surface area contributed by atoms with Crippen molar-refractivity contribution < 1.29 is 9.90 Å². The fourth-order valence-corrected chi connectivity index (χ4v) is 2.71. The van der Waals surface area contributed by atoms with Crippen LogP contribution in [0.15, 0.2) is 12.1 Å². The molecule has 110 valence electrons. The number of aromatic hydroxyl groups is 1. The second-order valence-corrected chi connectivity index (χ2v) is 5.50. The molecule has 3 N–H and O–H groups in total. The summed E-state index contributed by atoms with van der Waals surface area (Å²) in [5, 5.41) is 12.5. The largest absolute Gasteiger partial charge is 0.504 e. The lowest BCUT2D eigenvalue weighted by Gasteiger charge is -2.20. The van der Waals surface area contributed by atoms with Crippen LogP contribution in [0.2, 0.25) is 0 Å². The van der Waals surface area contributed by atoms with Gasteiger partial charge in [-0.15, -0.1) is 0 Å². The molecular weight excluding hydrogens is 268 g/mol. The highest BCUT2D eigenvalue weighted by Crippen LogP contribution is 2.26. The van der Waals surface area contributed by atoms with E-state index in [2.05, 4.69) is 20.3 Å². The van der Waals surface area contributed by atoms with Gasteiger partial charge in [-0.2, -0.15) is 0 Å². The molecule has 1 unspecified atom stereocenters. The number of aromatic nitrogens is 3. The minimum atomic E-state index is -0.126. The number of nitrogens with one attached hydrogen (secondary N) is 2. The summed E-state index contributed by atoms with van der Waals surface area (Å²) in [6, 6.07) is 3.24. The van der Waals surface area contributed by atoms with Crippen LogP contribution in [-0.2, 0) is 17.6 Å². The highest BCUT2D eigenvalue weighted by atomic mass is 16.3. The van der Waals surface area contributed by atoms with E-state index in [0.29, 0.717) is 6.42 Å². The second kappa shape index (κ2) is 5.20. The van der Waals surface area contributed by atoms with Gasteiger partial charge in [0.1, 0.15) is 5.82 Å². The number of nitrogens with zero attached hydrogens (tertiary/aromatic N) is 2. The first-order valence-electron chi connectivity index (χ1n) is 7.05. The molecule has 2 heterocycles. The van der Waals surface area contributed by atoms with E-state index in [-0.39, 0.29) is 23.4 Å². The molecule has 1 aliphatic rings. The molecule has 6 nitrogen and oxygen atoms in total. The first-order chi connectivity index (χ1) is 10.0. The van der Waals surface area contributed by atoms with Crippen LogP contribution in [0.4, 0.5) is 5.82 Å². The SMILES string of the molecule is Cc1ccc(O)c(NC(=O)C2CCc3nc(C)[nH]c3C2)n1. The number of carbonyl (C=O) groups excluding carboxylic acids is 1. The highest BCUT2D eigenvalue weighted by Gasteiger charge is 2.27. The molecule has 1 amide bonds. The minimum absolute atomic E-state index is 0.0113. The molecule has 0 bridgehead atoms. The lowest BCUT2D eigenvalue weighted by molar-refractivity contribution is -0.120. The molecule has 0 aliphatic heterocycles. The summed E-state index contributed by atoms with van der Waals surface area (Å²) >= 11 is 0. The second-order valence-electron chi connectivity index (χ2n) is 5.50. The Morgan fingerprint density at radius 1 is 1.38 bits per heavy atom. The summed E-state index contributed by atoms with van der Waals surface area (Å²) in [5.74, 6) is 0.869. The van der Waals surface area contributed by atoms with Crippen molar-refractivity contribution in [1.82, 2.24) is 15.0 Å². The Balaban J connectivity index is 1.73. The van der Waals surface area contributed by atoms with Gasteiger partial charge in [-0.3, -0.25) is 4.79 Å². The maximum atomic E-state index is 12.4. The van der Waals surface area contributed by atoms with Gasteiger partial charge in [0.15, 0.2) is 11.6 Å². The highest BCUT2D eigenvalue weighted by molar-refractivity contribution is 5.93. The maximum absolute atomic E-state index is 12.4. The minimum Gasteiger partial charge on any atom is -0.504 e. The first-order valence-corrected chi connectivity index (χ1v) is 7.05. The van der Waals surface area contributed by atoms with Gasteiger partial charge in [-0.25, -0.2) is 9.97 Å². The third-order valence-electron chi connectivity index (χ3n) is 3.79. The van der Waals surface area contributed by atoms with Gasteiger partial charge in [0.25, 0.3) is 0 Å². The Morgan fingerprint density at radius 2 is 2.19 bits per heavy atom. The quantitative estimate of drug-likeness (QED) is 0.786. The number of aromatic amines is 1. The summed E-state index contributed by atoms with van der Waals surface area (Å²) in [5.41, 5.74) is 2.85. The van der Waals surface area contributed by atoms with E-state index in [1.807, 2.05) is 13.8 Å². The number of H-pyrrole nitrogens is 1. The number of aryl methyl sites for hydroxylation is 3. The van der Waals surface area contributed by atoms with Crippen molar-refractivity contribution in [3.63, 3.8) is 0 Å². The van der Waals surface area contributed by atoms with Crippen LogP contribution in [0.5, 0.6) is 5.75 Å². The van der Waals surface area contributed by atoms with Crippen molar-refractivity contribution in [2.24, 2.45) is 5.92 Å². The molecule has 0 aromatic carbocycles. The molecule has 2 aromatic heterocycles. The molecular formula is C15H18N4O2. The molecule has 0 saturated heterocycles. The molecule has 21 heavy (non-hydrogen) atoms. The number of hydrogen-bond donors (Lipinski definition) is 3. The summed E-state index contributed by atoms with van der Waals surface area (Å²) in [6.45, 7) is 3.73. The number of hydrogen-bond acceptors (Lipinski definition) is 4. The van der Waals surface area contributed by atoms with E-state index < -0.39 is 0 Å². The van der Waals surface area contributed by atoms with Crippen molar-refractivity contribution in [3.8, 4) is 5.75 Å². The average Bonchev–Trinajstić information content (AvgIpc) is 2.81. The van der Waals surface area contributed by atoms with Crippen LogP contribution in [0.3, 0.4) is 0 Å². The number of amides is 1. The number of pyridine rings is 1. The molecule has 2 aromatic rings. The Labute approximate surface area is 122 Å². The topological polar surface area (TPSA) is 90.9 Å². The fourth-order valence-electron chi connectivity index (χ4n) is 2.71. The molecule has 1 aliphatic carbocycles. The lowest BCUT2D eigenvalue weighted by Crippen LogP contribution is -2.28. The Morgan fingerprint density at radius 3 is 3.00 bits per heavy atom. The van der Waals surface area contributed by atoms with Crippen molar-refractivity contribution >= 4 is 11.7 Å². The zero-order valence-corrected chi connectivity index (χ0v) is 12.1. The molecule has 0 fully saturated rings. The monoisotopic (exact) mass is 286 g/mol. The van der Waals surface area contributed by atoms with Crippen molar-refractivity contribution in [1.29, 1.82) is 0 Å². The third-order valence-corrected chi connectivity index (χ3v) is 3.79. The van der Waals surface area contributed by atoms with E-state index in [1.54, 1.807) is 6.07 Å². The average molecular weight is 286 g/mol. The molecule has 3 rings (SSSR count). The summed E-state index contributed by atoms with van der Waals surface area (Å²) in [7, 11) is 0. The van der Waals surface area contributed by atoms with Crippen molar-refractivity contribution in [2.45, 2.75) is 33.1 Å². The van der Waals surface area contributed by atoms with E-state index in [4.69, 9.17) is 0 Å². The number of anilines is 1. The molecule has 0 radical (unpaired) electrons. The van der Waals surface area contributed by atoms with Crippen LogP contribution in [0.1, 0.15) is 29.3 Å². The summed E-state index contributed by atoms with van der Waals surface area (Å²) < 4.78 is 0. The smallest absolute Gasteiger partial charge is 0.229 e. The Bertz CT molecular complexity index is 693. The molecule has 0 saturated carbocycles. The first kappa shape index (κ1) is 13.6. The Kier molecular flexibility index (Phi) is 3.37. The predicted molar refractivity (Wildman–Crippen MR) is 78.1 cm³/mol. The van der Waals surface area contributed by atoms with Crippen LogP contribution in [0.25, 0.3) is 0 Å². The van der Waals surface area contributed by atoms with Crippen molar-refractivity contribution in [2.75, 3.05) is 5.32 Å². The van der Waals surface area contributed by atoms with Gasteiger partial charge in [0.2, 0.25) is 5.91 Å². The predicted octanol–water partition coefficient (Wildman–Crippen LogP) is 1.87. The number of imidazole rings is 1. The van der Waals surface area contributed by atoms with Gasteiger partial charge in [-0.05, 0) is 38.8 Å². The van der Waals surface area contributed by atoms with E-state index in [1.165, 1.54) is 6.07 Å². The lowest BCUT2D eigenvalue weighted by atomic mass is 9.89. The summed E-state index contributed by atoms with van der Waals surface area (Å²) in [6.07, 6.45) is 2.20.